The number of benzene rings is 2. The number of hydrazone groups is 1. The quantitative estimate of drug-likeness (QED) is 0.171. The Balaban J connectivity index is 1.61. The molecule has 0 saturated carbocycles. The molecule has 0 atom stereocenters. The SMILES string of the molecule is CCCOC(=O)c1ccc(N2N=C(C(F)(F)F)/C(=C/c3ccc(-c4ccc([N+](=O)[O-])cc4)o3)C2=O)cc1. The lowest BCUT2D eigenvalue weighted by molar-refractivity contribution is -0.384. The van der Waals surface area contributed by atoms with Crippen LogP contribution in [0.1, 0.15) is 29.5 Å². The van der Waals surface area contributed by atoms with E-state index in [1.54, 1.807) is 0 Å². The molecule has 3 aromatic rings. The lowest BCUT2D eigenvalue weighted by Gasteiger charge is -2.12. The molecule has 4 rings (SSSR count). The van der Waals surface area contributed by atoms with E-state index >= 15 is 0 Å². The minimum atomic E-state index is -4.94. The monoisotopic (exact) mass is 513 g/mol. The van der Waals surface area contributed by atoms with Crippen molar-refractivity contribution in [3.8, 4) is 11.3 Å². The number of anilines is 1. The van der Waals surface area contributed by atoms with E-state index in [0.29, 0.717) is 17.0 Å². The highest BCUT2D eigenvalue weighted by atomic mass is 19.4. The molecule has 0 aliphatic carbocycles. The lowest BCUT2D eigenvalue weighted by atomic mass is 10.1. The minimum absolute atomic E-state index is 0.0215. The van der Waals surface area contributed by atoms with Crippen molar-refractivity contribution in [3.05, 3.63) is 87.7 Å². The van der Waals surface area contributed by atoms with Gasteiger partial charge in [0.1, 0.15) is 11.5 Å². The van der Waals surface area contributed by atoms with Gasteiger partial charge in [-0.05, 0) is 61.0 Å². The van der Waals surface area contributed by atoms with Gasteiger partial charge < -0.3 is 9.15 Å². The summed E-state index contributed by atoms with van der Waals surface area (Å²) in [6.45, 7) is 2.05. The van der Waals surface area contributed by atoms with E-state index in [2.05, 4.69) is 5.10 Å². The molecule has 0 unspecified atom stereocenters. The number of alkyl halides is 3. The van der Waals surface area contributed by atoms with Crippen LogP contribution in [-0.4, -0.2) is 35.3 Å². The van der Waals surface area contributed by atoms with Crippen molar-refractivity contribution >= 4 is 35.0 Å². The number of nitrogens with zero attached hydrogens (tertiary/aromatic N) is 3. The molecule has 12 heteroatoms. The topological polar surface area (TPSA) is 115 Å². The Morgan fingerprint density at radius 1 is 1.11 bits per heavy atom. The highest BCUT2D eigenvalue weighted by molar-refractivity contribution is 6.34. The molecule has 0 fully saturated rings. The third kappa shape index (κ3) is 5.42. The van der Waals surface area contributed by atoms with Gasteiger partial charge in [-0.25, -0.2) is 4.79 Å². The Bertz CT molecular complexity index is 1410. The molecule has 1 aliphatic rings. The van der Waals surface area contributed by atoms with Crippen molar-refractivity contribution in [3.63, 3.8) is 0 Å². The maximum atomic E-state index is 13.7. The Morgan fingerprint density at radius 3 is 2.38 bits per heavy atom. The number of carbonyl (C=O) groups is 2. The third-order valence-electron chi connectivity index (χ3n) is 5.21. The molecule has 2 heterocycles. The van der Waals surface area contributed by atoms with E-state index in [4.69, 9.17) is 9.15 Å². The fourth-order valence-electron chi connectivity index (χ4n) is 3.42. The highest BCUT2D eigenvalue weighted by Crippen LogP contribution is 2.34. The maximum absolute atomic E-state index is 13.7. The van der Waals surface area contributed by atoms with E-state index in [1.165, 1.54) is 60.7 Å². The van der Waals surface area contributed by atoms with E-state index < -0.39 is 34.3 Å². The smallest absolute Gasteiger partial charge is 0.435 e. The van der Waals surface area contributed by atoms with Crippen molar-refractivity contribution in [1.82, 2.24) is 0 Å². The van der Waals surface area contributed by atoms with Gasteiger partial charge in [-0.1, -0.05) is 6.92 Å². The van der Waals surface area contributed by atoms with Gasteiger partial charge in [0.15, 0.2) is 5.71 Å². The van der Waals surface area contributed by atoms with Crippen LogP contribution in [0.5, 0.6) is 0 Å². The van der Waals surface area contributed by atoms with Crippen LogP contribution in [0.15, 0.2) is 75.8 Å². The minimum Gasteiger partial charge on any atom is -0.462 e. The number of non-ortho nitro benzene ring substituents is 1. The van der Waals surface area contributed by atoms with Crippen LogP contribution in [0.2, 0.25) is 0 Å². The summed E-state index contributed by atoms with van der Waals surface area (Å²) in [5.74, 6) is -1.45. The molecule has 37 heavy (non-hydrogen) atoms. The number of rotatable bonds is 7. The largest absolute Gasteiger partial charge is 0.462 e. The van der Waals surface area contributed by atoms with E-state index in [0.717, 1.165) is 6.08 Å². The summed E-state index contributed by atoms with van der Waals surface area (Å²) in [6, 6.07) is 13.5. The molecular formula is C25H18F3N3O6. The molecule has 1 amide bonds. The Morgan fingerprint density at radius 2 is 1.78 bits per heavy atom. The van der Waals surface area contributed by atoms with Gasteiger partial charge >= 0.3 is 12.1 Å². The summed E-state index contributed by atoms with van der Waals surface area (Å²) in [6.07, 6.45) is -3.38. The first kappa shape index (κ1) is 25.4. The van der Waals surface area contributed by atoms with Crippen molar-refractivity contribution in [1.29, 1.82) is 0 Å². The van der Waals surface area contributed by atoms with Crippen molar-refractivity contribution in [2.45, 2.75) is 19.5 Å². The fourth-order valence-corrected chi connectivity index (χ4v) is 3.42. The number of halogens is 3. The number of amides is 1. The Hall–Kier alpha value is -4.74. The Labute approximate surface area is 207 Å². The second kappa shape index (κ2) is 10.1. The summed E-state index contributed by atoms with van der Waals surface area (Å²) in [5.41, 5.74) is -1.62. The molecule has 0 saturated heterocycles. The highest BCUT2D eigenvalue weighted by Gasteiger charge is 2.47. The van der Waals surface area contributed by atoms with E-state index in [-0.39, 0.29) is 35.1 Å². The maximum Gasteiger partial charge on any atom is 0.435 e. The molecule has 1 aromatic heterocycles. The van der Waals surface area contributed by atoms with Gasteiger partial charge in [-0.3, -0.25) is 14.9 Å². The molecule has 9 nitrogen and oxygen atoms in total. The van der Waals surface area contributed by atoms with Crippen LogP contribution in [-0.2, 0) is 9.53 Å². The predicted molar refractivity (Wildman–Crippen MR) is 127 cm³/mol. The standard InChI is InChI=1S/C25H18F3N3O6/c1-2-13-36-24(33)16-5-7-17(8-6-16)30-23(32)20(22(29-30)25(26,27)28)14-19-11-12-21(37-19)15-3-9-18(10-4-15)31(34)35/h3-12,14H,2,13H2,1H3/b20-14-. The summed E-state index contributed by atoms with van der Waals surface area (Å²) in [5, 5.41) is 14.9. The zero-order chi connectivity index (χ0) is 26.7. The summed E-state index contributed by atoms with van der Waals surface area (Å²) in [4.78, 5) is 35.2. The van der Waals surface area contributed by atoms with Gasteiger partial charge in [0.2, 0.25) is 0 Å². The number of nitro benzene ring substituents is 1. The van der Waals surface area contributed by atoms with Gasteiger partial charge in [-0.15, -0.1) is 0 Å². The summed E-state index contributed by atoms with van der Waals surface area (Å²) in [7, 11) is 0. The van der Waals surface area contributed by atoms with Crippen molar-refractivity contribution in [2.24, 2.45) is 5.10 Å². The number of hydrogen-bond donors (Lipinski definition) is 0. The first-order valence-corrected chi connectivity index (χ1v) is 10.9. The molecule has 0 radical (unpaired) electrons. The number of carbonyl (C=O) groups excluding carboxylic acids is 2. The molecule has 0 N–H and O–H groups in total. The average Bonchev–Trinajstić information content (AvgIpc) is 3.47. The number of nitro groups is 1. The predicted octanol–water partition coefficient (Wildman–Crippen LogP) is 5.77. The van der Waals surface area contributed by atoms with Crippen LogP contribution in [0.3, 0.4) is 0 Å². The van der Waals surface area contributed by atoms with Gasteiger partial charge in [-0.2, -0.15) is 23.3 Å². The van der Waals surface area contributed by atoms with Crippen molar-refractivity contribution in [2.75, 3.05) is 11.6 Å². The average molecular weight is 513 g/mol. The fraction of sp³-hybridized carbons (Fsp3) is 0.160. The second-order valence-electron chi connectivity index (χ2n) is 7.81. The number of hydrogen-bond acceptors (Lipinski definition) is 7. The molecule has 190 valence electrons. The molecule has 2 aromatic carbocycles. The molecule has 0 bridgehead atoms. The van der Waals surface area contributed by atoms with Crippen LogP contribution < -0.4 is 5.01 Å². The molecular weight excluding hydrogens is 495 g/mol. The normalized spacial score (nSPS) is 14.7. The summed E-state index contributed by atoms with van der Waals surface area (Å²) < 4.78 is 51.8. The second-order valence-corrected chi connectivity index (χ2v) is 7.81. The van der Waals surface area contributed by atoms with E-state index in [1.807, 2.05) is 6.92 Å². The molecule has 0 spiro atoms. The van der Waals surface area contributed by atoms with Gasteiger partial charge in [0, 0.05) is 17.7 Å². The van der Waals surface area contributed by atoms with Crippen LogP contribution in [0.25, 0.3) is 17.4 Å². The number of ether oxygens (including phenoxy) is 1. The summed E-state index contributed by atoms with van der Waals surface area (Å²) >= 11 is 0. The van der Waals surface area contributed by atoms with Crippen LogP contribution >= 0.6 is 0 Å². The zero-order valence-corrected chi connectivity index (χ0v) is 19.2. The van der Waals surface area contributed by atoms with Crippen LogP contribution in [0.4, 0.5) is 24.5 Å². The number of esters is 1. The van der Waals surface area contributed by atoms with Gasteiger partial charge in [0.05, 0.1) is 28.4 Å². The van der Waals surface area contributed by atoms with E-state index in [9.17, 15) is 32.9 Å². The van der Waals surface area contributed by atoms with Crippen LogP contribution in [0, 0.1) is 10.1 Å². The lowest BCUT2D eigenvalue weighted by Crippen LogP contribution is -2.25. The zero-order valence-electron chi connectivity index (χ0n) is 19.2. The number of furan rings is 1. The Kier molecular flexibility index (Phi) is 6.92. The first-order chi connectivity index (χ1) is 17.6. The van der Waals surface area contributed by atoms with Crippen molar-refractivity contribution < 1.29 is 36.8 Å². The van der Waals surface area contributed by atoms with Gasteiger partial charge in [0.25, 0.3) is 11.6 Å². The first-order valence-electron chi connectivity index (χ1n) is 10.9. The molecule has 1 aliphatic heterocycles. The third-order valence-corrected chi connectivity index (χ3v) is 5.21.